The lowest BCUT2D eigenvalue weighted by molar-refractivity contribution is -0.114. The number of carbonyl (C=O) groups is 2. The van der Waals surface area contributed by atoms with Crippen LogP contribution in [0.4, 0.5) is 5.69 Å². The molecule has 19 heavy (non-hydrogen) atoms. The molecular formula is C15H13NO3. The van der Waals surface area contributed by atoms with Crippen molar-refractivity contribution in [2.75, 3.05) is 5.32 Å². The Morgan fingerprint density at radius 3 is 2.16 bits per heavy atom. The van der Waals surface area contributed by atoms with Gasteiger partial charge in [-0.05, 0) is 24.3 Å². The summed E-state index contributed by atoms with van der Waals surface area (Å²) in [5, 5.41) is 12.3. The first-order valence-electron chi connectivity index (χ1n) is 5.79. The first-order chi connectivity index (χ1) is 9.09. The molecule has 0 saturated heterocycles. The Hall–Kier alpha value is -2.62. The number of benzene rings is 2. The maximum atomic E-state index is 12.4. The smallest absolute Gasteiger partial charge is 0.221 e. The highest BCUT2D eigenvalue weighted by Crippen LogP contribution is 2.24. The Bertz CT molecular complexity index is 635. The number of nitrogens with one attached hydrogen (secondary N) is 1. The summed E-state index contributed by atoms with van der Waals surface area (Å²) in [4.78, 5) is 23.5. The molecule has 0 atom stereocenters. The van der Waals surface area contributed by atoms with Gasteiger partial charge in [-0.1, -0.05) is 24.3 Å². The summed E-state index contributed by atoms with van der Waals surface area (Å²) in [5.74, 6) is -0.662. The molecule has 0 spiro atoms. The van der Waals surface area contributed by atoms with Crippen molar-refractivity contribution >= 4 is 17.4 Å². The van der Waals surface area contributed by atoms with Gasteiger partial charge in [0.05, 0.1) is 11.3 Å². The third kappa shape index (κ3) is 2.80. The Balaban J connectivity index is 2.45. The van der Waals surface area contributed by atoms with Crippen molar-refractivity contribution in [3.63, 3.8) is 0 Å². The minimum absolute atomic E-state index is 0.0786. The zero-order valence-corrected chi connectivity index (χ0v) is 10.4. The Labute approximate surface area is 110 Å². The van der Waals surface area contributed by atoms with Gasteiger partial charge in [0.1, 0.15) is 5.75 Å². The van der Waals surface area contributed by atoms with Crippen LogP contribution in [-0.4, -0.2) is 16.8 Å². The standard InChI is InChI=1S/C15H13NO3/c1-10(17)16-13-8-4-2-6-11(13)15(19)12-7-3-5-9-14(12)18/h2-9,18H,1H3,(H,16,17). The Morgan fingerprint density at radius 2 is 1.53 bits per heavy atom. The van der Waals surface area contributed by atoms with Gasteiger partial charge in [-0.25, -0.2) is 0 Å². The summed E-state index contributed by atoms with van der Waals surface area (Å²) in [6.07, 6.45) is 0. The molecule has 1 amide bonds. The summed E-state index contributed by atoms with van der Waals surface area (Å²) in [7, 11) is 0. The molecule has 2 rings (SSSR count). The van der Waals surface area contributed by atoms with Gasteiger partial charge in [0.2, 0.25) is 5.91 Å². The van der Waals surface area contributed by atoms with Gasteiger partial charge in [-0.2, -0.15) is 0 Å². The third-order valence-electron chi connectivity index (χ3n) is 2.63. The van der Waals surface area contributed by atoms with Crippen LogP contribution in [0.3, 0.4) is 0 Å². The highest BCUT2D eigenvalue weighted by atomic mass is 16.3. The van der Waals surface area contributed by atoms with Crippen LogP contribution in [0.15, 0.2) is 48.5 Å². The van der Waals surface area contributed by atoms with Crippen molar-refractivity contribution < 1.29 is 14.7 Å². The fourth-order valence-corrected chi connectivity index (χ4v) is 1.79. The van der Waals surface area contributed by atoms with Crippen LogP contribution < -0.4 is 5.32 Å². The zero-order chi connectivity index (χ0) is 13.8. The van der Waals surface area contributed by atoms with Gasteiger partial charge >= 0.3 is 0 Å². The number of anilines is 1. The van der Waals surface area contributed by atoms with Crippen LogP contribution >= 0.6 is 0 Å². The lowest BCUT2D eigenvalue weighted by Gasteiger charge is -2.09. The van der Waals surface area contributed by atoms with Crippen LogP contribution in [0.25, 0.3) is 0 Å². The zero-order valence-electron chi connectivity index (χ0n) is 10.4. The molecule has 0 fully saturated rings. The Morgan fingerprint density at radius 1 is 0.947 bits per heavy atom. The normalized spacial score (nSPS) is 9.95. The van der Waals surface area contributed by atoms with Crippen LogP contribution in [0, 0.1) is 0 Å². The molecule has 2 aromatic rings. The molecule has 0 aliphatic heterocycles. The van der Waals surface area contributed by atoms with E-state index < -0.39 is 0 Å². The van der Waals surface area contributed by atoms with Gasteiger partial charge in [-0.15, -0.1) is 0 Å². The number of amides is 1. The minimum atomic E-state index is -0.331. The molecule has 4 nitrogen and oxygen atoms in total. The molecule has 2 aromatic carbocycles. The van der Waals surface area contributed by atoms with Gasteiger partial charge < -0.3 is 10.4 Å². The van der Waals surface area contributed by atoms with Crippen molar-refractivity contribution in [3.8, 4) is 5.75 Å². The van der Waals surface area contributed by atoms with E-state index in [1.807, 2.05) is 0 Å². The lowest BCUT2D eigenvalue weighted by Crippen LogP contribution is -2.11. The number of para-hydroxylation sites is 2. The lowest BCUT2D eigenvalue weighted by atomic mass is 10.0. The molecule has 2 N–H and O–H groups in total. The first-order valence-corrected chi connectivity index (χ1v) is 5.79. The van der Waals surface area contributed by atoms with Crippen molar-refractivity contribution in [1.82, 2.24) is 0 Å². The van der Waals surface area contributed by atoms with E-state index in [2.05, 4.69) is 5.32 Å². The van der Waals surface area contributed by atoms with Crippen LogP contribution in [-0.2, 0) is 4.79 Å². The van der Waals surface area contributed by atoms with Crippen LogP contribution in [0.1, 0.15) is 22.8 Å². The van der Waals surface area contributed by atoms with Crippen molar-refractivity contribution in [2.24, 2.45) is 0 Å². The highest BCUT2D eigenvalue weighted by Gasteiger charge is 2.16. The van der Waals surface area contributed by atoms with Gasteiger partial charge in [-0.3, -0.25) is 9.59 Å². The summed E-state index contributed by atoms with van der Waals surface area (Å²) < 4.78 is 0. The molecule has 0 unspecified atom stereocenters. The number of carbonyl (C=O) groups excluding carboxylic acids is 2. The van der Waals surface area contributed by atoms with E-state index in [0.717, 1.165) is 0 Å². The molecule has 0 heterocycles. The summed E-state index contributed by atoms with van der Waals surface area (Å²) in [6, 6.07) is 13.0. The minimum Gasteiger partial charge on any atom is -0.507 e. The fraction of sp³-hybridized carbons (Fsp3) is 0.0667. The van der Waals surface area contributed by atoms with Gasteiger partial charge in [0.25, 0.3) is 0 Å². The second-order valence-electron chi connectivity index (χ2n) is 4.07. The predicted molar refractivity (Wildman–Crippen MR) is 72.3 cm³/mol. The molecular weight excluding hydrogens is 242 g/mol. The fourth-order valence-electron chi connectivity index (χ4n) is 1.79. The SMILES string of the molecule is CC(=O)Nc1ccccc1C(=O)c1ccccc1O. The van der Waals surface area contributed by atoms with E-state index in [0.29, 0.717) is 11.3 Å². The van der Waals surface area contributed by atoms with Crippen molar-refractivity contribution in [2.45, 2.75) is 6.92 Å². The number of ketones is 1. The topological polar surface area (TPSA) is 66.4 Å². The number of phenols is 1. The quantitative estimate of drug-likeness (QED) is 0.828. The molecule has 4 heteroatoms. The number of phenolic OH excluding ortho intramolecular Hbond substituents is 1. The number of aromatic hydroxyl groups is 1. The van der Waals surface area contributed by atoms with Gasteiger partial charge in [0, 0.05) is 12.5 Å². The average molecular weight is 255 g/mol. The number of hydrogen-bond donors (Lipinski definition) is 2. The summed E-state index contributed by atoms with van der Waals surface area (Å²) in [6.45, 7) is 1.38. The highest BCUT2D eigenvalue weighted by molar-refractivity contribution is 6.14. The van der Waals surface area contributed by atoms with Gasteiger partial charge in [0.15, 0.2) is 5.78 Å². The maximum absolute atomic E-state index is 12.4. The molecule has 0 radical (unpaired) electrons. The van der Waals surface area contributed by atoms with Crippen LogP contribution in [0.5, 0.6) is 5.75 Å². The first kappa shape index (κ1) is 12.8. The molecule has 0 saturated carbocycles. The van der Waals surface area contributed by atoms with Crippen molar-refractivity contribution in [1.29, 1.82) is 0 Å². The molecule has 96 valence electrons. The van der Waals surface area contributed by atoms with E-state index in [-0.39, 0.29) is 23.0 Å². The van der Waals surface area contributed by atoms with E-state index in [4.69, 9.17) is 0 Å². The van der Waals surface area contributed by atoms with E-state index in [1.54, 1.807) is 42.5 Å². The summed E-state index contributed by atoms with van der Waals surface area (Å²) >= 11 is 0. The number of rotatable bonds is 3. The van der Waals surface area contributed by atoms with E-state index in [1.165, 1.54) is 13.0 Å². The monoisotopic (exact) mass is 255 g/mol. The number of hydrogen-bond acceptors (Lipinski definition) is 3. The van der Waals surface area contributed by atoms with E-state index >= 15 is 0 Å². The van der Waals surface area contributed by atoms with E-state index in [9.17, 15) is 14.7 Å². The Kier molecular flexibility index (Phi) is 3.61. The van der Waals surface area contributed by atoms with Crippen LogP contribution in [0.2, 0.25) is 0 Å². The third-order valence-corrected chi connectivity index (χ3v) is 2.63. The van der Waals surface area contributed by atoms with Crippen molar-refractivity contribution in [3.05, 3.63) is 59.7 Å². The molecule has 0 bridgehead atoms. The average Bonchev–Trinajstić information content (AvgIpc) is 2.38. The second-order valence-corrected chi connectivity index (χ2v) is 4.07. The molecule has 0 aliphatic rings. The maximum Gasteiger partial charge on any atom is 0.221 e. The molecule has 0 aromatic heterocycles. The molecule has 0 aliphatic carbocycles. The largest absolute Gasteiger partial charge is 0.507 e. The summed E-state index contributed by atoms with van der Waals surface area (Å²) in [5.41, 5.74) is 0.989. The second kappa shape index (κ2) is 5.35. The predicted octanol–water partition coefficient (Wildman–Crippen LogP) is 2.58.